The Labute approximate surface area is 198 Å². The van der Waals surface area contributed by atoms with Gasteiger partial charge in [0.05, 0.1) is 24.7 Å². The van der Waals surface area contributed by atoms with E-state index in [2.05, 4.69) is 0 Å². The molecular formula is C24H26Cl2N2O4. The van der Waals surface area contributed by atoms with Crippen LogP contribution in [0.25, 0.3) is 0 Å². The predicted octanol–water partition coefficient (Wildman–Crippen LogP) is 4.28. The lowest BCUT2D eigenvalue weighted by Gasteiger charge is -2.36. The largest absolute Gasteiger partial charge is 0.488 e. The molecule has 4 rings (SSSR count). The van der Waals surface area contributed by atoms with Crippen molar-refractivity contribution in [3.8, 4) is 5.75 Å². The molecule has 2 heterocycles. The maximum atomic E-state index is 13.3. The molecule has 1 unspecified atom stereocenters. The first-order valence-corrected chi connectivity index (χ1v) is 11.6. The van der Waals surface area contributed by atoms with Crippen LogP contribution in [0.15, 0.2) is 42.5 Å². The van der Waals surface area contributed by atoms with Gasteiger partial charge in [-0.1, -0.05) is 41.4 Å². The summed E-state index contributed by atoms with van der Waals surface area (Å²) in [5.41, 5.74) is 1.27. The minimum absolute atomic E-state index is 0.118. The number of hydrogen-bond donors (Lipinski definition) is 0. The van der Waals surface area contributed by atoms with Crippen molar-refractivity contribution in [1.29, 1.82) is 0 Å². The van der Waals surface area contributed by atoms with E-state index in [0.29, 0.717) is 60.8 Å². The fourth-order valence-corrected chi connectivity index (χ4v) is 4.60. The number of benzene rings is 2. The zero-order valence-corrected chi connectivity index (χ0v) is 19.3. The van der Waals surface area contributed by atoms with E-state index in [0.717, 1.165) is 18.4 Å². The van der Waals surface area contributed by atoms with Gasteiger partial charge in [0.15, 0.2) is 0 Å². The van der Waals surface area contributed by atoms with E-state index < -0.39 is 0 Å². The summed E-state index contributed by atoms with van der Waals surface area (Å²) in [6, 6.07) is 12.4. The van der Waals surface area contributed by atoms with Crippen molar-refractivity contribution in [1.82, 2.24) is 9.80 Å². The van der Waals surface area contributed by atoms with Gasteiger partial charge in [-0.2, -0.15) is 0 Å². The molecule has 2 aromatic rings. The Bertz CT molecular complexity index is 978. The monoisotopic (exact) mass is 476 g/mol. The lowest BCUT2D eigenvalue weighted by molar-refractivity contribution is -0.141. The molecule has 2 aliphatic heterocycles. The van der Waals surface area contributed by atoms with Crippen LogP contribution in [-0.4, -0.2) is 61.0 Å². The number of carbonyl (C=O) groups excluding carboxylic acids is 2. The Kier molecular flexibility index (Phi) is 7.55. The second kappa shape index (κ2) is 10.6. The van der Waals surface area contributed by atoms with Crippen molar-refractivity contribution in [3.05, 3.63) is 63.6 Å². The number of para-hydroxylation sites is 1. The van der Waals surface area contributed by atoms with Crippen molar-refractivity contribution in [2.75, 3.05) is 39.4 Å². The van der Waals surface area contributed by atoms with Crippen molar-refractivity contribution in [2.45, 2.75) is 19.4 Å². The number of likely N-dealkylation sites (tertiary alicyclic amines) is 1. The number of morpholine rings is 1. The minimum atomic E-state index is -0.174. The standard InChI is InChI=1S/C24H26Cl2N2O4/c25-19-8-7-18(21(26)14-19)16-32-22-6-2-1-5-20(22)24(30)28-9-3-4-17(15-28)23(29)27-10-12-31-13-11-27/h1-2,5-8,14,17H,3-4,9-13,15-16H2. The SMILES string of the molecule is O=C(c1ccccc1OCc1ccc(Cl)cc1Cl)N1CCCC(C(=O)N2CCOCC2)C1. The van der Waals surface area contributed by atoms with Gasteiger partial charge >= 0.3 is 0 Å². The van der Waals surface area contributed by atoms with Gasteiger partial charge in [-0.15, -0.1) is 0 Å². The summed E-state index contributed by atoms with van der Waals surface area (Å²) in [4.78, 5) is 29.9. The number of ether oxygens (including phenoxy) is 2. The van der Waals surface area contributed by atoms with Gasteiger partial charge in [0.25, 0.3) is 5.91 Å². The normalized spacial score (nSPS) is 19.0. The lowest BCUT2D eigenvalue weighted by Crippen LogP contribution is -2.49. The molecule has 0 bridgehead atoms. The molecule has 0 spiro atoms. The third-order valence-corrected chi connectivity index (χ3v) is 6.48. The number of piperidine rings is 1. The topological polar surface area (TPSA) is 59.1 Å². The van der Waals surface area contributed by atoms with Crippen LogP contribution < -0.4 is 4.74 Å². The molecule has 1 atom stereocenters. The van der Waals surface area contributed by atoms with E-state index >= 15 is 0 Å². The van der Waals surface area contributed by atoms with Gasteiger partial charge in [0.1, 0.15) is 12.4 Å². The summed E-state index contributed by atoms with van der Waals surface area (Å²) in [5.74, 6) is 0.312. The van der Waals surface area contributed by atoms with E-state index in [-0.39, 0.29) is 24.3 Å². The number of rotatable bonds is 5. The van der Waals surface area contributed by atoms with E-state index in [4.69, 9.17) is 32.7 Å². The zero-order valence-electron chi connectivity index (χ0n) is 17.8. The molecule has 2 amide bonds. The molecule has 2 aromatic carbocycles. The summed E-state index contributed by atoms with van der Waals surface area (Å²) in [6.45, 7) is 3.65. The summed E-state index contributed by atoms with van der Waals surface area (Å²) in [7, 11) is 0. The molecule has 2 saturated heterocycles. The molecular weight excluding hydrogens is 451 g/mol. The fraction of sp³-hybridized carbons (Fsp3) is 0.417. The van der Waals surface area contributed by atoms with E-state index in [1.165, 1.54) is 0 Å². The van der Waals surface area contributed by atoms with Gasteiger partial charge in [-0.25, -0.2) is 0 Å². The Hall–Kier alpha value is -2.28. The van der Waals surface area contributed by atoms with E-state index in [1.54, 1.807) is 29.2 Å². The molecule has 0 N–H and O–H groups in total. The maximum absolute atomic E-state index is 13.3. The van der Waals surface area contributed by atoms with E-state index in [1.807, 2.05) is 23.1 Å². The van der Waals surface area contributed by atoms with Crippen LogP contribution in [0.5, 0.6) is 5.75 Å². The van der Waals surface area contributed by atoms with Crippen LogP contribution in [0, 0.1) is 5.92 Å². The molecule has 8 heteroatoms. The quantitative estimate of drug-likeness (QED) is 0.645. The van der Waals surface area contributed by atoms with Gasteiger partial charge in [-0.3, -0.25) is 9.59 Å². The van der Waals surface area contributed by atoms with Gasteiger partial charge in [0, 0.05) is 41.8 Å². The maximum Gasteiger partial charge on any atom is 0.257 e. The predicted molar refractivity (Wildman–Crippen MR) is 123 cm³/mol. The first-order valence-electron chi connectivity index (χ1n) is 10.8. The molecule has 6 nitrogen and oxygen atoms in total. The Balaban J connectivity index is 1.44. The molecule has 0 aliphatic carbocycles. The zero-order chi connectivity index (χ0) is 22.5. The van der Waals surface area contributed by atoms with Gasteiger partial charge in [0.2, 0.25) is 5.91 Å². The van der Waals surface area contributed by atoms with Crippen LogP contribution >= 0.6 is 23.2 Å². The number of carbonyl (C=O) groups is 2. The Morgan fingerprint density at radius 1 is 1.03 bits per heavy atom. The summed E-state index contributed by atoms with van der Waals surface area (Å²) >= 11 is 12.2. The highest BCUT2D eigenvalue weighted by molar-refractivity contribution is 6.35. The van der Waals surface area contributed by atoms with Crippen molar-refractivity contribution in [3.63, 3.8) is 0 Å². The van der Waals surface area contributed by atoms with Crippen LogP contribution in [0.4, 0.5) is 0 Å². The summed E-state index contributed by atoms with van der Waals surface area (Å²) in [6.07, 6.45) is 1.60. The first-order chi connectivity index (χ1) is 15.5. The number of amides is 2. The van der Waals surface area contributed by atoms with Crippen molar-refractivity contribution in [2.24, 2.45) is 5.92 Å². The molecule has 170 valence electrons. The molecule has 0 radical (unpaired) electrons. The molecule has 2 fully saturated rings. The molecule has 0 aromatic heterocycles. The third-order valence-electron chi connectivity index (χ3n) is 5.90. The number of hydrogen-bond acceptors (Lipinski definition) is 4. The van der Waals surface area contributed by atoms with Crippen LogP contribution in [-0.2, 0) is 16.1 Å². The van der Waals surface area contributed by atoms with Crippen LogP contribution in [0.3, 0.4) is 0 Å². The highest BCUT2D eigenvalue weighted by atomic mass is 35.5. The van der Waals surface area contributed by atoms with Crippen LogP contribution in [0.2, 0.25) is 10.0 Å². The average Bonchev–Trinajstić information content (AvgIpc) is 2.83. The molecule has 0 saturated carbocycles. The Morgan fingerprint density at radius 3 is 2.59 bits per heavy atom. The van der Waals surface area contributed by atoms with Crippen LogP contribution in [0.1, 0.15) is 28.8 Å². The molecule has 32 heavy (non-hydrogen) atoms. The van der Waals surface area contributed by atoms with Gasteiger partial charge in [-0.05, 0) is 37.1 Å². The molecule has 2 aliphatic rings. The second-order valence-corrected chi connectivity index (χ2v) is 8.89. The average molecular weight is 477 g/mol. The second-order valence-electron chi connectivity index (χ2n) is 8.05. The third kappa shape index (κ3) is 5.37. The number of halogens is 2. The van der Waals surface area contributed by atoms with Crippen molar-refractivity contribution < 1.29 is 19.1 Å². The Morgan fingerprint density at radius 2 is 1.81 bits per heavy atom. The highest BCUT2D eigenvalue weighted by Gasteiger charge is 2.32. The smallest absolute Gasteiger partial charge is 0.257 e. The number of nitrogens with zero attached hydrogens (tertiary/aromatic N) is 2. The minimum Gasteiger partial charge on any atom is -0.488 e. The van der Waals surface area contributed by atoms with Gasteiger partial charge < -0.3 is 19.3 Å². The first kappa shape index (κ1) is 22.9. The summed E-state index contributed by atoms with van der Waals surface area (Å²) < 4.78 is 11.3. The highest BCUT2D eigenvalue weighted by Crippen LogP contribution is 2.27. The van der Waals surface area contributed by atoms with E-state index in [9.17, 15) is 9.59 Å². The summed E-state index contributed by atoms with van der Waals surface area (Å²) in [5, 5.41) is 1.07. The fourth-order valence-electron chi connectivity index (χ4n) is 4.14. The lowest BCUT2D eigenvalue weighted by atomic mass is 9.95. The van der Waals surface area contributed by atoms with Crippen molar-refractivity contribution >= 4 is 35.0 Å².